The zero-order valence-corrected chi connectivity index (χ0v) is 7.08. The SMILES string of the molecule is O=C1C=CC(Cl)c2ccccc21. The molecule has 60 valence electrons. The summed E-state index contributed by atoms with van der Waals surface area (Å²) in [5.74, 6) is 0.0440. The zero-order valence-electron chi connectivity index (χ0n) is 6.33. The van der Waals surface area contributed by atoms with Gasteiger partial charge in [-0.2, -0.15) is 0 Å². The quantitative estimate of drug-likeness (QED) is 0.559. The van der Waals surface area contributed by atoms with Crippen LogP contribution in [0.25, 0.3) is 0 Å². The van der Waals surface area contributed by atoms with Gasteiger partial charge < -0.3 is 0 Å². The summed E-state index contributed by atoms with van der Waals surface area (Å²) in [6.07, 6.45) is 3.24. The Hall–Kier alpha value is -1.08. The largest absolute Gasteiger partial charge is 0.289 e. The van der Waals surface area contributed by atoms with Gasteiger partial charge in [0.25, 0.3) is 0 Å². The topological polar surface area (TPSA) is 17.1 Å². The van der Waals surface area contributed by atoms with E-state index in [1.165, 1.54) is 6.08 Å². The number of carbonyl (C=O) groups is 1. The molecule has 12 heavy (non-hydrogen) atoms. The highest BCUT2D eigenvalue weighted by Gasteiger charge is 2.17. The van der Waals surface area contributed by atoms with E-state index in [0.717, 1.165) is 11.1 Å². The minimum atomic E-state index is -0.154. The van der Waals surface area contributed by atoms with E-state index in [0.29, 0.717) is 0 Å². The van der Waals surface area contributed by atoms with E-state index in [2.05, 4.69) is 0 Å². The molecule has 1 nitrogen and oxygen atoms in total. The van der Waals surface area contributed by atoms with Crippen LogP contribution in [0.15, 0.2) is 36.4 Å². The second kappa shape index (κ2) is 2.76. The number of hydrogen-bond acceptors (Lipinski definition) is 1. The Kier molecular flexibility index (Phi) is 1.74. The minimum Gasteiger partial charge on any atom is -0.289 e. The van der Waals surface area contributed by atoms with Gasteiger partial charge in [-0.1, -0.05) is 30.3 Å². The first-order valence-electron chi connectivity index (χ1n) is 3.74. The summed E-state index contributed by atoms with van der Waals surface area (Å²) >= 11 is 5.97. The molecule has 0 radical (unpaired) electrons. The molecule has 0 fully saturated rings. The third-order valence-electron chi connectivity index (χ3n) is 1.94. The molecule has 0 aromatic heterocycles. The summed E-state index contributed by atoms with van der Waals surface area (Å²) in [5.41, 5.74) is 1.63. The first-order chi connectivity index (χ1) is 5.79. The van der Waals surface area contributed by atoms with Gasteiger partial charge in [-0.25, -0.2) is 0 Å². The average Bonchev–Trinajstić information content (AvgIpc) is 2.12. The van der Waals surface area contributed by atoms with Gasteiger partial charge in [0.05, 0.1) is 5.38 Å². The van der Waals surface area contributed by atoms with Crippen molar-refractivity contribution in [3.63, 3.8) is 0 Å². The number of halogens is 1. The molecule has 0 bridgehead atoms. The summed E-state index contributed by atoms with van der Waals surface area (Å²) in [6.45, 7) is 0. The molecule has 0 saturated carbocycles. The van der Waals surface area contributed by atoms with E-state index in [1.807, 2.05) is 18.2 Å². The second-order valence-electron chi connectivity index (χ2n) is 2.71. The number of carbonyl (C=O) groups excluding carboxylic acids is 1. The monoisotopic (exact) mass is 178 g/mol. The van der Waals surface area contributed by atoms with Gasteiger partial charge >= 0.3 is 0 Å². The lowest BCUT2D eigenvalue weighted by Gasteiger charge is -2.13. The molecule has 1 aliphatic rings. The van der Waals surface area contributed by atoms with Crippen molar-refractivity contribution >= 4 is 17.4 Å². The van der Waals surface area contributed by atoms with Crippen LogP contribution in [0.5, 0.6) is 0 Å². The Bertz CT molecular complexity index is 355. The summed E-state index contributed by atoms with van der Waals surface area (Å²) in [6, 6.07) is 7.42. The lowest BCUT2D eigenvalue weighted by Crippen LogP contribution is -2.06. The van der Waals surface area contributed by atoms with Crippen molar-refractivity contribution in [1.82, 2.24) is 0 Å². The van der Waals surface area contributed by atoms with Gasteiger partial charge in [0, 0.05) is 5.56 Å². The van der Waals surface area contributed by atoms with Gasteiger partial charge in [-0.05, 0) is 11.6 Å². The zero-order chi connectivity index (χ0) is 8.55. The molecule has 0 N–H and O–H groups in total. The molecule has 1 aliphatic carbocycles. The van der Waals surface area contributed by atoms with Crippen LogP contribution in [0.2, 0.25) is 0 Å². The number of benzene rings is 1. The van der Waals surface area contributed by atoms with Gasteiger partial charge in [0.15, 0.2) is 5.78 Å². The fraction of sp³-hybridized carbons (Fsp3) is 0.100. The van der Waals surface area contributed by atoms with Crippen LogP contribution in [0.1, 0.15) is 21.3 Å². The summed E-state index contributed by atoms with van der Waals surface area (Å²) < 4.78 is 0. The number of fused-ring (bicyclic) bond motifs is 1. The number of allylic oxidation sites excluding steroid dienone is 2. The lowest BCUT2D eigenvalue weighted by molar-refractivity contribution is 0.104. The van der Waals surface area contributed by atoms with E-state index < -0.39 is 0 Å². The maximum atomic E-state index is 11.3. The standard InChI is InChI=1S/C10H7ClO/c11-9-5-6-10(12)8-4-2-1-3-7(8)9/h1-6,9H. The molecule has 0 amide bonds. The fourth-order valence-electron chi connectivity index (χ4n) is 1.33. The van der Waals surface area contributed by atoms with Crippen molar-refractivity contribution in [3.05, 3.63) is 47.5 Å². The highest BCUT2D eigenvalue weighted by molar-refractivity contribution is 6.24. The summed E-state index contributed by atoms with van der Waals surface area (Å²) in [5, 5.41) is -0.154. The molecule has 0 saturated heterocycles. The smallest absolute Gasteiger partial charge is 0.185 e. The second-order valence-corrected chi connectivity index (χ2v) is 3.18. The van der Waals surface area contributed by atoms with Crippen LogP contribution in [0.4, 0.5) is 0 Å². The highest BCUT2D eigenvalue weighted by atomic mass is 35.5. The molecule has 1 unspecified atom stereocenters. The molecule has 2 rings (SSSR count). The predicted octanol–water partition coefficient (Wildman–Crippen LogP) is 2.72. The average molecular weight is 179 g/mol. The van der Waals surface area contributed by atoms with Crippen LogP contribution in [0.3, 0.4) is 0 Å². The first kappa shape index (κ1) is 7.56. The Morgan fingerprint density at radius 1 is 1.25 bits per heavy atom. The van der Waals surface area contributed by atoms with Gasteiger partial charge in [0.1, 0.15) is 0 Å². The molecule has 1 atom stereocenters. The molecule has 1 aromatic rings. The van der Waals surface area contributed by atoms with Crippen molar-refractivity contribution in [1.29, 1.82) is 0 Å². The van der Waals surface area contributed by atoms with E-state index in [-0.39, 0.29) is 11.2 Å². The summed E-state index contributed by atoms with van der Waals surface area (Å²) in [4.78, 5) is 11.3. The van der Waals surface area contributed by atoms with Gasteiger partial charge in [0.2, 0.25) is 0 Å². The molecular formula is C10H7ClO. The van der Waals surface area contributed by atoms with Crippen LogP contribution >= 0.6 is 11.6 Å². The van der Waals surface area contributed by atoms with Crippen molar-refractivity contribution in [3.8, 4) is 0 Å². The number of rotatable bonds is 0. The Morgan fingerprint density at radius 2 is 2.00 bits per heavy atom. The molecule has 1 aromatic carbocycles. The highest BCUT2D eigenvalue weighted by Crippen LogP contribution is 2.29. The Balaban J connectivity index is 2.61. The Morgan fingerprint density at radius 3 is 2.75 bits per heavy atom. The number of alkyl halides is 1. The fourth-order valence-corrected chi connectivity index (χ4v) is 1.59. The Labute approximate surface area is 75.7 Å². The van der Waals surface area contributed by atoms with Crippen LogP contribution < -0.4 is 0 Å². The van der Waals surface area contributed by atoms with Crippen LogP contribution in [0, 0.1) is 0 Å². The van der Waals surface area contributed by atoms with Gasteiger partial charge in [-0.3, -0.25) is 4.79 Å². The predicted molar refractivity (Wildman–Crippen MR) is 48.5 cm³/mol. The number of ketones is 1. The van der Waals surface area contributed by atoms with E-state index in [1.54, 1.807) is 12.1 Å². The van der Waals surface area contributed by atoms with E-state index in [9.17, 15) is 4.79 Å². The normalized spacial score (nSPS) is 20.8. The van der Waals surface area contributed by atoms with E-state index in [4.69, 9.17) is 11.6 Å². The molecule has 2 heteroatoms. The third kappa shape index (κ3) is 1.07. The first-order valence-corrected chi connectivity index (χ1v) is 4.18. The van der Waals surface area contributed by atoms with Crippen LogP contribution in [-0.2, 0) is 0 Å². The maximum Gasteiger partial charge on any atom is 0.185 e. The minimum absolute atomic E-state index is 0.0440. The third-order valence-corrected chi connectivity index (χ3v) is 2.32. The number of hydrogen-bond donors (Lipinski definition) is 0. The molecular weight excluding hydrogens is 172 g/mol. The van der Waals surface area contributed by atoms with Crippen molar-refractivity contribution in [2.24, 2.45) is 0 Å². The van der Waals surface area contributed by atoms with Crippen molar-refractivity contribution in [2.45, 2.75) is 5.38 Å². The molecule has 0 aliphatic heterocycles. The maximum absolute atomic E-state index is 11.3. The van der Waals surface area contributed by atoms with E-state index >= 15 is 0 Å². The van der Waals surface area contributed by atoms with Crippen molar-refractivity contribution in [2.75, 3.05) is 0 Å². The lowest BCUT2D eigenvalue weighted by atomic mass is 9.96. The molecule has 0 spiro atoms. The van der Waals surface area contributed by atoms with Gasteiger partial charge in [-0.15, -0.1) is 11.6 Å². The molecule has 0 heterocycles. The summed E-state index contributed by atoms with van der Waals surface area (Å²) in [7, 11) is 0. The van der Waals surface area contributed by atoms with Crippen molar-refractivity contribution < 1.29 is 4.79 Å². The van der Waals surface area contributed by atoms with Crippen LogP contribution in [-0.4, -0.2) is 5.78 Å².